The lowest BCUT2D eigenvalue weighted by atomic mass is 10.3. The number of carboxylic acids is 1. The van der Waals surface area contributed by atoms with Gasteiger partial charge in [-0.3, -0.25) is 10.1 Å². The number of rotatable bonds is 4. The van der Waals surface area contributed by atoms with Crippen molar-refractivity contribution in [3.05, 3.63) is 55.6 Å². The van der Waals surface area contributed by atoms with Gasteiger partial charge in [0.25, 0.3) is 5.69 Å². The smallest absolute Gasteiger partial charge is 0.337 e. The molecule has 0 saturated carbocycles. The first-order valence-electron chi connectivity index (χ1n) is 5.38. The van der Waals surface area contributed by atoms with Crippen molar-refractivity contribution >= 4 is 39.2 Å². The Balaban J connectivity index is 2.34. The summed E-state index contributed by atoms with van der Waals surface area (Å²) in [7, 11) is 0. The maximum atomic E-state index is 10.8. The van der Waals surface area contributed by atoms with E-state index in [1.54, 1.807) is 0 Å². The number of aromatic nitrogens is 1. The fourth-order valence-corrected chi connectivity index (χ4v) is 2.11. The Morgan fingerprint density at radius 1 is 1.38 bits per heavy atom. The van der Waals surface area contributed by atoms with Gasteiger partial charge in [0.05, 0.1) is 16.6 Å². The third-order valence-electron chi connectivity index (χ3n) is 2.34. The summed E-state index contributed by atoms with van der Waals surface area (Å²) in [5.74, 6) is -1.07. The molecular formula is C12H6BrClN2O5. The predicted molar refractivity (Wildman–Crippen MR) is 77.1 cm³/mol. The van der Waals surface area contributed by atoms with Gasteiger partial charge in [-0.25, -0.2) is 9.78 Å². The van der Waals surface area contributed by atoms with Crippen LogP contribution < -0.4 is 4.74 Å². The van der Waals surface area contributed by atoms with Crippen LogP contribution in [-0.2, 0) is 0 Å². The molecule has 0 aliphatic rings. The average molecular weight is 374 g/mol. The predicted octanol–water partition coefficient (Wildman–Crippen LogP) is 3.90. The van der Waals surface area contributed by atoms with Crippen LogP contribution in [0.2, 0.25) is 5.02 Å². The molecule has 1 heterocycles. The summed E-state index contributed by atoms with van der Waals surface area (Å²) in [4.78, 5) is 24.7. The molecule has 0 spiro atoms. The van der Waals surface area contributed by atoms with Crippen LogP contribution >= 0.6 is 27.5 Å². The zero-order valence-corrected chi connectivity index (χ0v) is 12.5. The number of pyridine rings is 1. The lowest BCUT2D eigenvalue weighted by molar-refractivity contribution is -0.385. The first-order valence-corrected chi connectivity index (χ1v) is 6.55. The number of carbonyl (C=O) groups is 1. The van der Waals surface area contributed by atoms with Crippen LogP contribution in [-0.4, -0.2) is 21.0 Å². The number of hydrogen-bond donors (Lipinski definition) is 1. The standard InChI is InChI=1S/C12H6BrClN2O5/c13-7-2-8(16(19)20)4-9(3-7)21-11-10(14)1-6(5-15-11)12(17)18/h1-5H,(H,17,18). The number of benzene rings is 1. The van der Waals surface area contributed by atoms with Crippen LogP contribution in [0.15, 0.2) is 34.9 Å². The molecule has 108 valence electrons. The molecule has 0 atom stereocenters. The lowest BCUT2D eigenvalue weighted by Gasteiger charge is -2.07. The van der Waals surface area contributed by atoms with Crippen molar-refractivity contribution < 1.29 is 19.6 Å². The van der Waals surface area contributed by atoms with Crippen LogP contribution in [0.5, 0.6) is 11.6 Å². The molecule has 21 heavy (non-hydrogen) atoms. The Bertz CT molecular complexity index is 738. The van der Waals surface area contributed by atoms with Gasteiger partial charge in [0.15, 0.2) is 0 Å². The van der Waals surface area contributed by atoms with Gasteiger partial charge >= 0.3 is 5.97 Å². The third kappa shape index (κ3) is 3.67. The molecule has 0 unspecified atom stereocenters. The Morgan fingerprint density at radius 3 is 2.67 bits per heavy atom. The molecule has 7 nitrogen and oxygen atoms in total. The van der Waals surface area contributed by atoms with Crippen molar-refractivity contribution in [2.75, 3.05) is 0 Å². The number of nitro benzene ring substituents is 1. The van der Waals surface area contributed by atoms with Gasteiger partial charge < -0.3 is 9.84 Å². The monoisotopic (exact) mass is 372 g/mol. The van der Waals surface area contributed by atoms with Crippen LogP contribution in [0, 0.1) is 10.1 Å². The minimum absolute atomic E-state index is 0.0162. The van der Waals surface area contributed by atoms with E-state index in [2.05, 4.69) is 20.9 Å². The zero-order valence-electron chi connectivity index (χ0n) is 10.1. The first-order chi connectivity index (χ1) is 9.86. The van der Waals surface area contributed by atoms with E-state index in [1.807, 2.05) is 0 Å². The summed E-state index contributed by atoms with van der Waals surface area (Å²) in [5, 5.41) is 19.6. The van der Waals surface area contributed by atoms with Crippen LogP contribution in [0.1, 0.15) is 10.4 Å². The summed E-state index contributed by atoms with van der Waals surface area (Å²) < 4.78 is 5.79. The fraction of sp³-hybridized carbons (Fsp3) is 0. The Kier molecular flexibility index (Phi) is 4.39. The third-order valence-corrected chi connectivity index (χ3v) is 3.06. The van der Waals surface area contributed by atoms with E-state index in [-0.39, 0.29) is 27.9 Å². The number of ether oxygens (including phenoxy) is 1. The van der Waals surface area contributed by atoms with Crippen molar-refractivity contribution in [2.24, 2.45) is 0 Å². The van der Waals surface area contributed by atoms with Gasteiger partial charge in [-0.1, -0.05) is 27.5 Å². The van der Waals surface area contributed by atoms with Gasteiger partial charge in [0.2, 0.25) is 5.88 Å². The molecule has 0 radical (unpaired) electrons. The van der Waals surface area contributed by atoms with Crippen molar-refractivity contribution in [2.45, 2.75) is 0 Å². The highest BCUT2D eigenvalue weighted by atomic mass is 79.9. The van der Waals surface area contributed by atoms with Gasteiger partial charge in [-0.2, -0.15) is 0 Å². The molecule has 9 heteroatoms. The average Bonchev–Trinajstić information content (AvgIpc) is 2.40. The topological polar surface area (TPSA) is 103 Å². The summed E-state index contributed by atoms with van der Waals surface area (Å²) in [6.45, 7) is 0. The molecule has 0 fully saturated rings. The number of carboxylic acid groups (broad SMARTS) is 1. The maximum Gasteiger partial charge on any atom is 0.337 e. The maximum absolute atomic E-state index is 10.8. The Labute approximate surface area is 131 Å². The van der Waals surface area contributed by atoms with Crippen LogP contribution in [0.25, 0.3) is 0 Å². The second-order valence-electron chi connectivity index (χ2n) is 3.82. The molecule has 0 amide bonds. The van der Waals surface area contributed by atoms with Crippen LogP contribution in [0.3, 0.4) is 0 Å². The van der Waals surface area contributed by atoms with Crippen molar-refractivity contribution in [3.8, 4) is 11.6 Å². The molecule has 2 aromatic rings. The number of non-ortho nitro benzene ring substituents is 1. The van der Waals surface area contributed by atoms with E-state index in [4.69, 9.17) is 21.4 Å². The van der Waals surface area contributed by atoms with E-state index in [9.17, 15) is 14.9 Å². The zero-order chi connectivity index (χ0) is 15.6. The van der Waals surface area contributed by atoms with Crippen molar-refractivity contribution in [1.29, 1.82) is 0 Å². The fourth-order valence-electron chi connectivity index (χ4n) is 1.44. The number of hydrogen-bond acceptors (Lipinski definition) is 5. The van der Waals surface area contributed by atoms with Gasteiger partial charge in [0, 0.05) is 16.7 Å². The highest BCUT2D eigenvalue weighted by Gasteiger charge is 2.13. The van der Waals surface area contributed by atoms with E-state index < -0.39 is 10.9 Å². The molecule has 0 saturated heterocycles. The Hall–Kier alpha value is -2.19. The minimum atomic E-state index is -1.17. The van der Waals surface area contributed by atoms with Crippen molar-refractivity contribution in [1.82, 2.24) is 4.98 Å². The van der Waals surface area contributed by atoms with Gasteiger partial charge in [0.1, 0.15) is 10.8 Å². The highest BCUT2D eigenvalue weighted by Crippen LogP contribution is 2.32. The molecule has 0 bridgehead atoms. The highest BCUT2D eigenvalue weighted by molar-refractivity contribution is 9.10. The summed E-state index contributed by atoms with van der Waals surface area (Å²) in [5.41, 5.74) is -0.259. The van der Waals surface area contributed by atoms with E-state index >= 15 is 0 Å². The Morgan fingerprint density at radius 2 is 2.10 bits per heavy atom. The largest absolute Gasteiger partial charge is 0.478 e. The number of nitrogens with zero attached hydrogens (tertiary/aromatic N) is 2. The molecule has 1 aromatic carbocycles. The minimum Gasteiger partial charge on any atom is -0.478 e. The SMILES string of the molecule is O=C(O)c1cnc(Oc2cc(Br)cc([N+](=O)[O-])c2)c(Cl)c1. The molecular weight excluding hydrogens is 367 g/mol. The van der Waals surface area contributed by atoms with Crippen LogP contribution in [0.4, 0.5) is 5.69 Å². The van der Waals surface area contributed by atoms with E-state index in [0.717, 1.165) is 6.20 Å². The van der Waals surface area contributed by atoms with Crippen molar-refractivity contribution in [3.63, 3.8) is 0 Å². The second-order valence-corrected chi connectivity index (χ2v) is 5.14. The van der Waals surface area contributed by atoms with E-state index in [0.29, 0.717) is 4.47 Å². The van der Waals surface area contributed by atoms with Gasteiger partial charge in [-0.05, 0) is 12.1 Å². The second kappa shape index (κ2) is 6.06. The number of halogens is 2. The number of nitro groups is 1. The number of aromatic carboxylic acids is 1. The first kappa shape index (κ1) is 15.2. The molecule has 0 aliphatic heterocycles. The summed E-state index contributed by atoms with van der Waals surface area (Å²) >= 11 is 9.00. The molecule has 1 N–H and O–H groups in total. The molecule has 1 aromatic heterocycles. The summed E-state index contributed by atoms with van der Waals surface area (Å²) in [6.07, 6.45) is 1.08. The quantitative estimate of drug-likeness (QED) is 0.644. The van der Waals surface area contributed by atoms with E-state index in [1.165, 1.54) is 24.3 Å². The lowest BCUT2D eigenvalue weighted by Crippen LogP contribution is -1.98. The molecule has 2 rings (SSSR count). The normalized spacial score (nSPS) is 10.2. The van der Waals surface area contributed by atoms with Gasteiger partial charge in [-0.15, -0.1) is 0 Å². The summed E-state index contributed by atoms with van der Waals surface area (Å²) in [6, 6.07) is 5.19. The molecule has 0 aliphatic carbocycles.